The fourth-order valence-electron chi connectivity index (χ4n) is 1.36. The number of nitrogens with zero attached hydrogens (tertiary/aromatic N) is 2. The van der Waals surface area contributed by atoms with E-state index in [0.717, 1.165) is 0 Å². The summed E-state index contributed by atoms with van der Waals surface area (Å²) in [5, 5.41) is 48.3. The molecule has 0 fully saturated rings. The second-order valence-corrected chi connectivity index (χ2v) is 3.18. The van der Waals surface area contributed by atoms with Gasteiger partial charge in [0.25, 0.3) is 5.69 Å². The Balaban J connectivity index is 3.68. The minimum atomic E-state index is -1.55. The third-order valence-corrected chi connectivity index (χ3v) is 2.04. The van der Waals surface area contributed by atoms with Crippen LogP contribution >= 0.6 is 0 Å². The molecule has 10 heteroatoms. The molecule has 0 aromatic heterocycles. The lowest BCUT2D eigenvalue weighted by molar-refractivity contribution is -0.396. The number of phenols is 2. The van der Waals surface area contributed by atoms with Gasteiger partial charge in [0.15, 0.2) is 5.75 Å². The molecule has 0 amide bonds. The number of carbonyl (C=O) groups is 1. The summed E-state index contributed by atoms with van der Waals surface area (Å²) >= 11 is 0. The van der Waals surface area contributed by atoms with E-state index in [2.05, 4.69) is 0 Å². The monoisotopic (exact) mass is 258 g/mol. The number of carboxylic acid groups (broad SMARTS) is 1. The lowest BCUT2D eigenvalue weighted by atomic mass is 10.1. The molecule has 18 heavy (non-hydrogen) atoms. The van der Waals surface area contributed by atoms with Crippen molar-refractivity contribution in [2.75, 3.05) is 0 Å². The highest BCUT2D eigenvalue weighted by Crippen LogP contribution is 2.43. The number of nitro benzene ring substituents is 2. The van der Waals surface area contributed by atoms with Crippen LogP contribution in [0.5, 0.6) is 11.5 Å². The molecule has 0 unspecified atom stereocenters. The Morgan fingerprint density at radius 1 is 1.22 bits per heavy atom. The first-order valence-corrected chi connectivity index (χ1v) is 4.34. The summed E-state index contributed by atoms with van der Waals surface area (Å²) in [7, 11) is 0. The largest absolute Gasteiger partial charge is 0.504 e. The number of benzene rings is 1. The van der Waals surface area contributed by atoms with E-state index in [1.807, 2.05) is 0 Å². The molecule has 0 saturated heterocycles. The van der Waals surface area contributed by atoms with E-state index in [-0.39, 0.29) is 0 Å². The number of carboxylic acids is 1. The van der Waals surface area contributed by atoms with Crippen LogP contribution in [0.15, 0.2) is 6.07 Å². The van der Waals surface area contributed by atoms with Gasteiger partial charge in [0.1, 0.15) is 5.56 Å². The summed E-state index contributed by atoms with van der Waals surface area (Å²) in [4.78, 5) is 29.6. The summed E-state index contributed by atoms with van der Waals surface area (Å²) in [6, 6.07) is 0.459. The highest BCUT2D eigenvalue weighted by Gasteiger charge is 2.33. The van der Waals surface area contributed by atoms with E-state index < -0.39 is 50.7 Å². The van der Waals surface area contributed by atoms with Gasteiger partial charge < -0.3 is 15.3 Å². The van der Waals surface area contributed by atoms with Crippen LogP contribution in [-0.4, -0.2) is 31.1 Å². The van der Waals surface area contributed by atoms with Crippen molar-refractivity contribution < 1.29 is 30.0 Å². The van der Waals surface area contributed by atoms with Crippen LogP contribution in [0.25, 0.3) is 0 Å². The van der Waals surface area contributed by atoms with Crippen molar-refractivity contribution in [3.05, 3.63) is 31.9 Å². The molecule has 0 aliphatic carbocycles. The maximum atomic E-state index is 10.7. The summed E-state index contributed by atoms with van der Waals surface area (Å²) in [6.45, 7) is 0. The van der Waals surface area contributed by atoms with Gasteiger partial charge in [0, 0.05) is 0 Å². The smallest absolute Gasteiger partial charge is 0.325 e. The van der Waals surface area contributed by atoms with Gasteiger partial charge in [-0.15, -0.1) is 0 Å². The molecule has 0 spiro atoms. The minimum absolute atomic E-state index is 0.459. The number of nitro groups is 2. The molecule has 0 saturated carbocycles. The fourth-order valence-corrected chi connectivity index (χ4v) is 1.36. The molecule has 0 bridgehead atoms. The van der Waals surface area contributed by atoms with Crippen molar-refractivity contribution in [1.82, 2.24) is 0 Å². The van der Waals surface area contributed by atoms with Crippen molar-refractivity contribution in [2.45, 2.75) is 6.42 Å². The number of hydrogen-bond donors (Lipinski definition) is 3. The Morgan fingerprint density at radius 3 is 2.17 bits per heavy atom. The standard InChI is InChI=1S/C8H6N2O8/c11-5-2-4(9(15)16)3(1-6(12)13)7(8(5)14)10(17)18/h2,11,14H,1H2,(H,12,13). The quantitative estimate of drug-likeness (QED) is 0.400. The molecule has 1 aromatic carbocycles. The average molecular weight is 258 g/mol. The van der Waals surface area contributed by atoms with E-state index in [0.29, 0.717) is 6.07 Å². The van der Waals surface area contributed by atoms with Crippen LogP contribution in [0, 0.1) is 20.2 Å². The van der Waals surface area contributed by atoms with Crippen molar-refractivity contribution >= 4 is 17.3 Å². The summed E-state index contributed by atoms with van der Waals surface area (Å²) in [5.74, 6) is -3.82. The van der Waals surface area contributed by atoms with Gasteiger partial charge in [-0.05, 0) is 0 Å². The lowest BCUT2D eigenvalue weighted by Crippen LogP contribution is -2.07. The third-order valence-electron chi connectivity index (χ3n) is 2.04. The first-order valence-electron chi connectivity index (χ1n) is 4.34. The number of aliphatic carboxylic acids is 1. The van der Waals surface area contributed by atoms with Gasteiger partial charge in [0.2, 0.25) is 5.75 Å². The van der Waals surface area contributed by atoms with Gasteiger partial charge in [0.05, 0.1) is 22.3 Å². The zero-order valence-corrected chi connectivity index (χ0v) is 8.56. The highest BCUT2D eigenvalue weighted by atomic mass is 16.6. The van der Waals surface area contributed by atoms with Crippen molar-refractivity contribution in [2.24, 2.45) is 0 Å². The van der Waals surface area contributed by atoms with E-state index >= 15 is 0 Å². The normalized spacial score (nSPS) is 10.0. The van der Waals surface area contributed by atoms with E-state index in [9.17, 15) is 30.1 Å². The Morgan fingerprint density at radius 2 is 1.78 bits per heavy atom. The van der Waals surface area contributed by atoms with Crippen LogP contribution in [0.3, 0.4) is 0 Å². The molecular formula is C8H6N2O8. The Hall–Kier alpha value is -2.91. The van der Waals surface area contributed by atoms with E-state index in [1.165, 1.54) is 0 Å². The zero-order chi connectivity index (χ0) is 14.0. The Kier molecular flexibility index (Phi) is 3.31. The molecule has 0 radical (unpaired) electrons. The molecule has 1 aromatic rings. The number of rotatable bonds is 4. The fraction of sp³-hybridized carbons (Fsp3) is 0.125. The third kappa shape index (κ3) is 2.26. The van der Waals surface area contributed by atoms with Gasteiger partial charge in [-0.2, -0.15) is 0 Å². The van der Waals surface area contributed by atoms with Crippen molar-refractivity contribution in [3.8, 4) is 11.5 Å². The minimum Gasteiger partial charge on any atom is -0.504 e. The molecule has 96 valence electrons. The predicted molar refractivity (Wildman–Crippen MR) is 54.4 cm³/mol. The Labute approximate surface area is 98.0 Å². The van der Waals surface area contributed by atoms with Crippen LogP contribution < -0.4 is 0 Å². The van der Waals surface area contributed by atoms with E-state index in [1.54, 1.807) is 0 Å². The molecule has 0 heterocycles. The molecule has 0 aliphatic rings. The molecule has 0 aliphatic heterocycles. The Bertz CT molecular complexity index is 553. The summed E-state index contributed by atoms with van der Waals surface area (Å²) in [6.07, 6.45) is -1.03. The maximum Gasteiger partial charge on any atom is 0.325 e. The first kappa shape index (κ1) is 13.2. The second-order valence-electron chi connectivity index (χ2n) is 3.18. The lowest BCUT2D eigenvalue weighted by Gasteiger charge is -2.05. The van der Waals surface area contributed by atoms with Crippen LogP contribution in [0.1, 0.15) is 5.56 Å². The van der Waals surface area contributed by atoms with Gasteiger partial charge in [-0.3, -0.25) is 25.0 Å². The molecule has 0 atom stereocenters. The average Bonchev–Trinajstić information content (AvgIpc) is 2.21. The second kappa shape index (κ2) is 4.53. The van der Waals surface area contributed by atoms with E-state index in [4.69, 9.17) is 10.2 Å². The molecule has 1 rings (SSSR count). The number of aromatic hydroxyl groups is 2. The van der Waals surface area contributed by atoms with Gasteiger partial charge >= 0.3 is 11.7 Å². The van der Waals surface area contributed by atoms with Gasteiger partial charge in [-0.25, -0.2) is 0 Å². The summed E-state index contributed by atoms with van der Waals surface area (Å²) in [5.41, 5.74) is -2.92. The van der Waals surface area contributed by atoms with Crippen LogP contribution in [-0.2, 0) is 11.2 Å². The number of phenolic OH excluding ortho intramolecular Hbond substituents is 2. The molecular weight excluding hydrogens is 252 g/mol. The van der Waals surface area contributed by atoms with Crippen LogP contribution in [0.4, 0.5) is 11.4 Å². The molecule has 10 nitrogen and oxygen atoms in total. The predicted octanol–water partition coefficient (Wildman–Crippen LogP) is 0.541. The van der Waals surface area contributed by atoms with Crippen LogP contribution in [0.2, 0.25) is 0 Å². The number of hydrogen-bond acceptors (Lipinski definition) is 7. The molecule has 3 N–H and O–H groups in total. The topological polar surface area (TPSA) is 164 Å². The maximum absolute atomic E-state index is 10.7. The highest BCUT2D eigenvalue weighted by molar-refractivity contribution is 5.78. The zero-order valence-electron chi connectivity index (χ0n) is 8.56. The SMILES string of the molecule is O=C(O)Cc1c([N+](=O)[O-])cc(O)c(O)c1[N+](=O)[O-]. The summed E-state index contributed by atoms with van der Waals surface area (Å²) < 4.78 is 0. The first-order chi connectivity index (χ1) is 8.25. The van der Waals surface area contributed by atoms with Crippen molar-refractivity contribution in [3.63, 3.8) is 0 Å². The van der Waals surface area contributed by atoms with Crippen molar-refractivity contribution in [1.29, 1.82) is 0 Å². The van der Waals surface area contributed by atoms with Gasteiger partial charge in [-0.1, -0.05) is 0 Å².